The van der Waals surface area contributed by atoms with Crippen LogP contribution in [0, 0.1) is 0 Å². The number of para-hydroxylation sites is 1. The first-order chi connectivity index (χ1) is 6.70. The standard InChI is InChI=1S/C11H10BrNO/c1-8(12)11(14)13-7-6-9-4-2-3-5-10(9)13/h2-8H,1H3. The lowest BCUT2D eigenvalue weighted by Gasteiger charge is -2.04. The van der Waals surface area contributed by atoms with Crippen LogP contribution in [0.2, 0.25) is 0 Å². The Morgan fingerprint density at radius 1 is 1.36 bits per heavy atom. The number of hydrogen-bond acceptors (Lipinski definition) is 1. The van der Waals surface area contributed by atoms with Crippen LogP contribution in [0.15, 0.2) is 36.5 Å². The van der Waals surface area contributed by atoms with E-state index in [9.17, 15) is 4.79 Å². The van der Waals surface area contributed by atoms with E-state index in [0.717, 1.165) is 10.9 Å². The third kappa shape index (κ3) is 1.48. The van der Waals surface area contributed by atoms with E-state index < -0.39 is 0 Å². The number of benzene rings is 1. The van der Waals surface area contributed by atoms with Crippen LogP contribution >= 0.6 is 15.9 Å². The van der Waals surface area contributed by atoms with Crippen molar-refractivity contribution in [1.82, 2.24) is 4.57 Å². The van der Waals surface area contributed by atoms with E-state index in [4.69, 9.17) is 0 Å². The molecule has 0 saturated heterocycles. The lowest BCUT2D eigenvalue weighted by molar-refractivity contribution is 0.0922. The quantitative estimate of drug-likeness (QED) is 0.715. The summed E-state index contributed by atoms with van der Waals surface area (Å²) in [6.07, 6.45) is 1.81. The Kier molecular flexibility index (Phi) is 2.42. The summed E-state index contributed by atoms with van der Waals surface area (Å²) in [7, 11) is 0. The van der Waals surface area contributed by atoms with Crippen LogP contribution < -0.4 is 0 Å². The summed E-state index contributed by atoms with van der Waals surface area (Å²) in [5, 5.41) is 1.09. The maximum Gasteiger partial charge on any atom is 0.244 e. The number of carbonyl (C=O) groups is 1. The average molecular weight is 252 g/mol. The number of hydrogen-bond donors (Lipinski definition) is 0. The third-order valence-corrected chi connectivity index (χ3v) is 2.57. The first-order valence-electron chi connectivity index (χ1n) is 4.44. The van der Waals surface area contributed by atoms with E-state index in [1.807, 2.05) is 43.5 Å². The Balaban J connectivity index is 2.58. The van der Waals surface area contributed by atoms with E-state index in [1.54, 1.807) is 4.57 Å². The van der Waals surface area contributed by atoms with Crippen LogP contribution in [0.5, 0.6) is 0 Å². The predicted octanol–water partition coefficient (Wildman–Crippen LogP) is 3.06. The fourth-order valence-electron chi connectivity index (χ4n) is 1.47. The van der Waals surface area contributed by atoms with Crippen LogP contribution in [0.25, 0.3) is 10.9 Å². The molecule has 0 aliphatic heterocycles. The molecule has 0 aliphatic carbocycles. The van der Waals surface area contributed by atoms with Crippen LogP contribution in [-0.4, -0.2) is 15.3 Å². The van der Waals surface area contributed by atoms with Crippen molar-refractivity contribution in [2.45, 2.75) is 11.8 Å². The predicted molar refractivity (Wildman–Crippen MR) is 61.0 cm³/mol. The molecular formula is C11H10BrNO. The number of rotatable bonds is 1. The normalized spacial score (nSPS) is 13.0. The number of halogens is 1. The maximum absolute atomic E-state index is 11.7. The highest BCUT2D eigenvalue weighted by Gasteiger charge is 2.12. The Morgan fingerprint density at radius 2 is 2.07 bits per heavy atom. The van der Waals surface area contributed by atoms with Gasteiger partial charge in [0.05, 0.1) is 10.3 Å². The van der Waals surface area contributed by atoms with Gasteiger partial charge in [0.25, 0.3) is 0 Å². The summed E-state index contributed by atoms with van der Waals surface area (Å²) in [5.41, 5.74) is 0.962. The lowest BCUT2D eigenvalue weighted by atomic mass is 10.2. The molecule has 0 spiro atoms. The van der Waals surface area contributed by atoms with Crippen LogP contribution in [0.3, 0.4) is 0 Å². The van der Waals surface area contributed by atoms with Crippen LogP contribution in [0.4, 0.5) is 0 Å². The van der Waals surface area contributed by atoms with Crippen LogP contribution in [0.1, 0.15) is 11.7 Å². The van der Waals surface area contributed by atoms with Crippen molar-refractivity contribution in [1.29, 1.82) is 0 Å². The molecule has 0 fully saturated rings. The second-order valence-corrected chi connectivity index (χ2v) is 4.57. The zero-order chi connectivity index (χ0) is 10.1. The fourth-order valence-corrected chi connectivity index (χ4v) is 1.69. The molecule has 72 valence electrons. The van der Waals surface area contributed by atoms with Gasteiger partial charge in [0.2, 0.25) is 5.91 Å². The Morgan fingerprint density at radius 3 is 2.79 bits per heavy atom. The summed E-state index contributed by atoms with van der Waals surface area (Å²) in [4.78, 5) is 11.6. The van der Waals surface area contributed by atoms with Crippen molar-refractivity contribution in [3.05, 3.63) is 36.5 Å². The van der Waals surface area contributed by atoms with Gasteiger partial charge in [-0.2, -0.15) is 0 Å². The number of carbonyl (C=O) groups excluding carboxylic acids is 1. The van der Waals surface area contributed by atoms with Gasteiger partial charge in [-0.3, -0.25) is 9.36 Å². The minimum absolute atomic E-state index is 0.0613. The fraction of sp³-hybridized carbons (Fsp3) is 0.182. The van der Waals surface area contributed by atoms with E-state index in [-0.39, 0.29) is 10.7 Å². The summed E-state index contributed by atoms with van der Waals surface area (Å²) >= 11 is 3.28. The Bertz CT molecular complexity index is 473. The van der Waals surface area contributed by atoms with E-state index in [1.165, 1.54) is 0 Å². The molecular weight excluding hydrogens is 242 g/mol. The van der Waals surface area contributed by atoms with Crippen molar-refractivity contribution in [3.8, 4) is 0 Å². The maximum atomic E-state index is 11.7. The monoisotopic (exact) mass is 251 g/mol. The van der Waals surface area contributed by atoms with Gasteiger partial charge in [-0.05, 0) is 19.1 Å². The molecule has 3 heteroatoms. The zero-order valence-electron chi connectivity index (χ0n) is 7.77. The van der Waals surface area contributed by atoms with E-state index >= 15 is 0 Å². The molecule has 2 nitrogen and oxygen atoms in total. The SMILES string of the molecule is CC(Br)C(=O)n1ccc2ccccc21. The number of fused-ring (bicyclic) bond motifs is 1. The lowest BCUT2D eigenvalue weighted by Crippen LogP contribution is -2.17. The second-order valence-electron chi connectivity index (χ2n) is 3.20. The highest BCUT2D eigenvalue weighted by atomic mass is 79.9. The minimum Gasteiger partial charge on any atom is -0.286 e. The minimum atomic E-state index is -0.154. The molecule has 0 aliphatic rings. The first-order valence-corrected chi connectivity index (χ1v) is 5.36. The summed E-state index contributed by atoms with van der Waals surface area (Å²) in [6, 6.07) is 9.79. The zero-order valence-corrected chi connectivity index (χ0v) is 9.36. The molecule has 1 aromatic heterocycles. The van der Waals surface area contributed by atoms with Gasteiger partial charge < -0.3 is 0 Å². The topological polar surface area (TPSA) is 22.0 Å². The molecule has 14 heavy (non-hydrogen) atoms. The smallest absolute Gasteiger partial charge is 0.244 e. The van der Waals surface area contributed by atoms with Crippen molar-refractivity contribution in [2.75, 3.05) is 0 Å². The Labute approximate surface area is 90.7 Å². The number of nitrogens with zero attached hydrogens (tertiary/aromatic N) is 1. The van der Waals surface area contributed by atoms with Crippen molar-refractivity contribution in [3.63, 3.8) is 0 Å². The molecule has 0 saturated carbocycles. The van der Waals surface area contributed by atoms with Gasteiger partial charge in [0.1, 0.15) is 0 Å². The van der Waals surface area contributed by atoms with Gasteiger partial charge in [-0.1, -0.05) is 34.1 Å². The van der Waals surface area contributed by atoms with E-state index in [2.05, 4.69) is 15.9 Å². The molecule has 0 bridgehead atoms. The molecule has 1 aromatic carbocycles. The highest BCUT2D eigenvalue weighted by Crippen LogP contribution is 2.16. The number of alkyl halides is 1. The first kappa shape index (κ1) is 9.46. The number of aromatic nitrogens is 1. The van der Waals surface area contributed by atoms with Crippen molar-refractivity contribution in [2.24, 2.45) is 0 Å². The van der Waals surface area contributed by atoms with Crippen LogP contribution in [-0.2, 0) is 0 Å². The molecule has 2 rings (SSSR count). The van der Waals surface area contributed by atoms with Gasteiger partial charge in [-0.25, -0.2) is 0 Å². The molecule has 0 N–H and O–H groups in total. The van der Waals surface area contributed by atoms with Crippen molar-refractivity contribution < 1.29 is 4.79 Å². The van der Waals surface area contributed by atoms with Gasteiger partial charge in [0, 0.05) is 11.6 Å². The highest BCUT2D eigenvalue weighted by molar-refractivity contribution is 9.10. The summed E-state index contributed by atoms with van der Waals surface area (Å²) in [6.45, 7) is 1.83. The second kappa shape index (κ2) is 3.58. The summed E-state index contributed by atoms with van der Waals surface area (Å²) in [5.74, 6) is 0.0613. The summed E-state index contributed by atoms with van der Waals surface area (Å²) < 4.78 is 1.68. The van der Waals surface area contributed by atoms with Crippen molar-refractivity contribution >= 4 is 32.7 Å². The molecule has 1 heterocycles. The average Bonchev–Trinajstić information content (AvgIpc) is 2.60. The third-order valence-electron chi connectivity index (χ3n) is 2.18. The Hall–Kier alpha value is -1.09. The molecule has 2 aromatic rings. The van der Waals surface area contributed by atoms with Gasteiger partial charge >= 0.3 is 0 Å². The van der Waals surface area contributed by atoms with Gasteiger partial charge in [0.15, 0.2) is 0 Å². The molecule has 0 radical (unpaired) electrons. The molecule has 0 amide bonds. The van der Waals surface area contributed by atoms with E-state index in [0.29, 0.717) is 0 Å². The molecule has 1 unspecified atom stereocenters. The van der Waals surface area contributed by atoms with Gasteiger partial charge in [-0.15, -0.1) is 0 Å². The largest absolute Gasteiger partial charge is 0.286 e. The molecule has 1 atom stereocenters.